The first-order valence-electron chi connectivity index (χ1n) is 8.25. The van der Waals surface area contributed by atoms with E-state index in [1.807, 2.05) is 25.2 Å². The normalized spacial score (nSPS) is 17.3. The van der Waals surface area contributed by atoms with Crippen LogP contribution >= 0.6 is 39.9 Å². The van der Waals surface area contributed by atoms with E-state index >= 15 is 0 Å². The third-order valence-electron chi connectivity index (χ3n) is 4.19. The minimum Gasteiger partial charge on any atom is -0.469 e. The summed E-state index contributed by atoms with van der Waals surface area (Å²) in [6.45, 7) is 2.82. The number of aliphatic imine (C=N–C) groups is 1. The molecule has 7 heteroatoms. The second-order valence-corrected chi connectivity index (χ2v) is 6.71. The Bertz CT molecular complexity index is 677. The minimum absolute atomic E-state index is 0. The van der Waals surface area contributed by atoms with Gasteiger partial charge in [0.05, 0.1) is 12.0 Å². The van der Waals surface area contributed by atoms with Crippen LogP contribution in [0.3, 0.4) is 0 Å². The number of rotatable bonds is 5. The van der Waals surface area contributed by atoms with Crippen LogP contribution in [0.4, 0.5) is 5.69 Å². The Kier molecular flexibility index (Phi) is 8.08. The van der Waals surface area contributed by atoms with Crippen LogP contribution in [0.2, 0.25) is 0 Å². The van der Waals surface area contributed by atoms with Crippen LogP contribution in [0.25, 0.3) is 0 Å². The molecule has 1 saturated heterocycles. The molecule has 0 radical (unpaired) electrons. The fourth-order valence-electron chi connectivity index (χ4n) is 2.95. The van der Waals surface area contributed by atoms with E-state index in [1.54, 1.807) is 6.26 Å². The highest BCUT2D eigenvalue weighted by atomic mass is 127. The van der Waals surface area contributed by atoms with Gasteiger partial charge in [0.25, 0.3) is 0 Å². The average molecular weight is 519 g/mol. The third-order valence-corrected chi connectivity index (χ3v) is 4.86. The largest absolute Gasteiger partial charge is 0.469 e. The Hall–Kier alpha value is -1.22. The standard InChI is InChI=1S/C18H23BrN4O.HI/c1-20-18(21-10-8-15-5-4-12-24-15)22-14-9-11-23(13-14)17-7-3-2-6-16(17)19;/h2-7,12,14H,8-11,13H2,1H3,(H2,20,21,22);1H. The molecule has 0 aliphatic carbocycles. The topological polar surface area (TPSA) is 52.8 Å². The van der Waals surface area contributed by atoms with Crippen molar-refractivity contribution in [1.29, 1.82) is 0 Å². The van der Waals surface area contributed by atoms with Gasteiger partial charge in [-0.05, 0) is 46.6 Å². The summed E-state index contributed by atoms with van der Waals surface area (Å²) >= 11 is 3.64. The van der Waals surface area contributed by atoms with Gasteiger partial charge in [0.2, 0.25) is 0 Å². The fourth-order valence-corrected chi connectivity index (χ4v) is 3.49. The molecule has 1 fully saturated rings. The van der Waals surface area contributed by atoms with E-state index in [2.05, 4.69) is 54.7 Å². The molecule has 5 nitrogen and oxygen atoms in total. The first kappa shape index (κ1) is 20.1. The van der Waals surface area contributed by atoms with Crippen molar-refractivity contribution in [3.8, 4) is 0 Å². The molecular weight excluding hydrogens is 495 g/mol. The Morgan fingerprint density at radius 3 is 2.88 bits per heavy atom. The molecule has 3 rings (SSSR count). The second kappa shape index (κ2) is 10.1. The van der Waals surface area contributed by atoms with Crippen LogP contribution in [-0.4, -0.2) is 38.7 Å². The Labute approximate surface area is 174 Å². The van der Waals surface area contributed by atoms with Gasteiger partial charge in [-0.3, -0.25) is 4.99 Å². The monoisotopic (exact) mass is 518 g/mol. The van der Waals surface area contributed by atoms with Crippen molar-refractivity contribution in [2.75, 3.05) is 31.6 Å². The van der Waals surface area contributed by atoms with Crippen LogP contribution < -0.4 is 15.5 Å². The van der Waals surface area contributed by atoms with Gasteiger partial charge in [-0.15, -0.1) is 24.0 Å². The summed E-state index contributed by atoms with van der Waals surface area (Å²) in [6.07, 6.45) is 3.65. The lowest BCUT2D eigenvalue weighted by Crippen LogP contribution is -2.45. The molecular formula is C18H24BrIN4O. The smallest absolute Gasteiger partial charge is 0.191 e. The van der Waals surface area contributed by atoms with Crippen LogP contribution in [0, 0.1) is 0 Å². The van der Waals surface area contributed by atoms with Gasteiger partial charge in [-0.2, -0.15) is 0 Å². The third kappa shape index (κ3) is 5.64. The predicted molar refractivity (Wildman–Crippen MR) is 117 cm³/mol. The number of hydrogen-bond acceptors (Lipinski definition) is 3. The molecule has 25 heavy (non-hydrogen) atoms. The first-order valence-corrected chi connectivity index (χ1v) is 9.04. The number of nitrogens with zero attached hydrogens (tertiary/aromatic N) is 2. The second-order valence-electron chi connectivity index (χ2n) is 5.86. The number of benzene rings is 1. The van der Waals surface area contributed by atoms with E-state index in [-0.39, 0.29) is 24.0 Å². The van der Waals surface area contributed by atoms with E-state index in [9.17, 15) is 0 Å². The van der Waals surface area contributed by atoms with E-state index in [1.165, 1.54) is 5.69 Å². The average Bonchev–Trinajstić information content (AvgIpc) is 3.26. The van der Waals surface area contributed by atoms with Crippen molar-refractivity contribution in [3.63, 3.8) is 0 Å². The van der Waals surface area contributed by atoms with Crippen molar-refractivity contribution in [2.45, 2.75) is 18.9 Å². The molecule has 1 aliphatic rings. The maximum Gasteiger partial charge on any atom is 0.191 e. The lowest BCUT2D eigenvalue weighted by atomic mass is 10.2. The predicted octanol–water partition coefficient (Wildman–Crippen LogP) is 3.65. The van der Waals surface area contributed by atoms with Gasteiger partial charge < -0.3 is 20.0 Å². The zero-order valence-corrected chi connectivity index (χ0v) is 18.2. The lowest BCUT2D eigenvalue weighted by Gasteiger charge is -2.21. The van der Waals surface area contributed by atoms with Crippen molar-refractivity contribution in [1.82, 2.24) is 10.6 Å². The lowest BCUT2D eigenvalue weighted by molar-refractivity contribution is 0.506. The van der Waals surface area contributed by atoms with Gasteiger partial charge >= 0.3 is 0 Å². The van der Waals surface area contributed by atoms with Crippen molar-refractivity contribution in [3.05, 3.63) is 52.9 Å². The highest BCUT2D eigenvalue weighted by Crippen LogP contribution is 2.28. The minimum atomic E-state index is 0. The summed E-state index contributed by atoms with van der Waals surface area (Å²) < 4.78 is 6.49. The summed E-state index contributed by atoms with van der Waals surface area (Å²) in [4.78, 5) is 6.72. The molecule has 1 atom stereocenters. The number of halogens is 2. The molecule has 1 unspecified atom stereocenters. The summed E-state index contributed by atoms with van der Waals surface area (Å²) in [6, 6.07) is 12.7. The summed E-state index contributed by atoms with van der Waals surface area (Å²) in [5, 5.41) is 6.87. The molecule has 1 aliphatic heterocycles. The van der Waals surface area contributed by atoms with Gasteiger partial charge in [0.1, 0.15) is 5.76 Å². The molecule has 1 aromatic carbocycles. The first-order chi connectivity index (χ1) is 11.8. The molecule has 2 aromatic rings. The zero-order valence-electron chi connectivity index (χ0n) is 14.2. The summed E-state index contributed by atoms with van der Waals surface area (Å²) in [5.74, 6) is 1.83. The van der Waals surface area contributed by atoms with Crippen LogP contribution in [0.5, 0.6) is 0 Å². The molecule has 0 saturated carbocycles. The molecule has 0 bridgehead atoms. The maximum atomic E-state index is 5.35. The van der Waals surface area contributed by atoms with E-state index < -0.39 is 0 Å². The Balaban J connectivity index is 0.00000225. The molecule has 1 aromatic heterocycles. The van der Waals surface area contributed by atoms with E-state index in [4.69, 9.17) is 4.42 Å². The number of anilines is 1. The van der Waals surface area contributed by atoms with E-state index in [0.29, 0.717) is 6.04 Å². The van der Waals surface area contributed by atoms with Gasteiger partial charge in [0, 0.05) is 43.6 Å². The van der Waals surface area contributed by atoms with Gasteiger partial charge in [-0.1, -0.05) is 12.1 Å². The zero-order chi connectivity index (χ0) is 16.8. The van der Waals surface area contributed by atoms with Crippen molar-refractivity contribution < 1.29 is 4.42 Å². The maximum absolute atomic E-state index is 5.35. The van der Waals surface area contributed by atoms with Crippen molar-refractivity contribution in [2.24, 2.45) is 4.99 Å². The number of guanidine groups is 1. The number of para-hydroxylation sites is 1. The highest BCUT2D eigenvalue weighted by Gasteiger charge is 2.24. The highest BCUT2D eigenvalue weighted by molar-refractivity contribution is 14.0. The van der Waals surface area contributed by atoms with Crippen molar-refractivity contribution >= 4 is 51.6 Å². The van der Waals surface area contributed by atoms with Crippen LogP contribution in [0.15, 0.2) is 56.5 Å². The number of hydrogen-bond donors (Lipinski definition) is 2. The Morgan fingerprint density at radius 1 is 1.32 bits per heavy atom. The molecule has 0 amide bonds. The molecule has 0 spiro atoms. The Morgan fingerprint density at radius 2 is 2.16 bits per heavy atom. The van der Waals surface area contributed by atoms with Crippen LogP contribution in [-0.2, 0) is 6.42 Å². The summed E-state index contributed by atoms with van der Waals surface area (Å²) in [7, 11) is 1.81. The van der Waals surface area contributed by atoms with Gasteiger partial charge in [-0.25, -0.2) is 0 Å². The summed E-state index contributed by atoms with van der Waals surface area (Å²) in [5.41, 5.74) is 1.25. The van der Waals surface area contributed by atoms with Crippen LogP contribution in [0.1, 0.15) is 12.2 Å². The molecule has 136 valence electrons. The number of nitrogens with one attached hydrogen (secondary N) is 2. The van der Waals surface area contributed by atoms with Gasteiger partial charge in [0.15, 0.2) is 5.96 Å². The molecule has 2 heterocycles. The van der Waals surface area contributed by atoms with E-state index in [0.717, 1.165) is 48.7 Å². The fraction of sp³-hybridized carbons (Fsp3) is 0.389. The SMILES string of the molecule is CN=C(NCCc1ccco1)NC1CCN(c2ccccc2Br)C1.I. The number of furan rings is 1. The molecule has 2 N–H and O–H groups in total. The quantitative estimate of drug-likeness (QED) is 0.360.